The SMILES string of the molecule is Cc1cccc(C)c1NS(=O)(=O)c1ccc(NC(=O)CCc2ccc(Cl)s2)cc1. The fraction of sp³-hybridized carbons (Fsp3) is 0.190. The van der Waals surface area contributed by atoms with Crippen LogP contribution < -0.4 is 10.0 Å². The van der Waals surface area contributed by atoms with Gasteiger partial charge in [0, 0.05) is 17.0 Å². The molecule has 1 heterocycles. The molecule has 3 aromatic rings. The minimum Gasteiger partial charge on any atom is -0.326 e. The molecule has 1 amide bonds. The first-order chi connectivity index (χ1) is 13.7. The number of nitrogens with one attached hydrogen (secondary N) is 2. The van der Waals surface area contributed by atoms with E-state index in [1.54, 1.807) is 12.1 Å². The summed E-state index contributed by atoms with van der Waals surface area (Å²) < 4.78 is 28.7. The molecule has 152 valence electrons. The molecule has 0 bridgehead atoms. The van der Waals surface area contributed by atoms with Crippen molar-refractivity contribution in [3.63, 3.8) is 0 Å². The van der Waals surface area contributed by atoms with E-state index in [0.29, 0.717) is 28.6 Å². The van der Waals surface area contributed by atoms with E-state index in [2.05, 4.69) is 10.0 Å². The molecule has 2 aromatic carbocycles. The summed E-state index contributed by atoms with van der Waals surface area (Å²) in [5.74, 6) is -0.140. The van der Waals surface area contributed by atoms with Crippen LogP contribution in [0, 0.1) is 13.8 Å². The zero-order valence-corrected chi connectivity index (χ0v) is 18.4. The van der Waals surface area contributed by atoms with Crippen molar-refractivity contribution in [3.05, 3.63) is 74.9 Å². The van der Waals surface area contributed by atoms with E-state index < -0.39 is 10.0 Å². The second-order valence-corrected chi connectivity index (χ2v) is 10.1. The second-order valence-electron chi connectivity index (χ2n) is 6.65. The number of halogens is 1. The van der Waals surface area contributed by atoms with Crippen molar-refractivity contribution in [2.24, 2.45) is 0 Å². The van der Waals surface area contributed by atoms with Crippen molar-refractivity contribution in [3.8, 4) is 0 Å². The molecule has 3 rings (SSSR count). The molecule has 29 heavy (non-hydrogen) atoms. The van der Waals surface area contributed by atoms with Gasteiger partial charge in [-0.1, -0.05) is 29.8 Å². The van der Waals surface area contributed by atoms with Gasteiger partial charge in [-0.25, -0.2) is 8.42 Å². The molecule has 5 nitrogen and oxygen atoms in total. The highest BCUT2D eigenvalue weighted by Crippen LogP contribution is 2.25. The van der Waals surface area contributed by atoms with Gasteiger partial charge in [0.1, 0.15) is 0 Å². The van der Waals surface area contributed by atoms with Crippen molar-refractivity contribution in [2.75, 3.05) is 10.0 Å². The van der Waals surface area contributed by atoms with Crippen LogP contribution in [0.1, 0.15) is 22.4 Å². The molecular weight excluding hydrogens is 428 g/mol. The Labute approximate surface area is 179 Å². The molecule has 0 saturated carbocycles. The molecule has 8 heteroatoms. The zero-order chi connectivity index (χ0) is 21.0. The van der Waals surface area contributed by atoms with Gasteiger partial charge in [0.25, 0.3) is 10.0 Å². The Bertz CT molecular complexity index is 1100. The van der Waals surface area contributed by atoms with Gasteiger partial charge in [-0.3, -0.25) is 9.52 Å². The van der Waals surface area contributed by atoms with Gasteiger partial charge in [0.2, 0.25) is 5.91 Å². The summed E-state index contributed by atoms with van der Waals surface area (Å²) in [4.78, 5) is 13.3. The number of benzene rings is 2. The van der Waals surface area contributed by atoms with Gasteiger partial charge in [0.15, 0.2) is 0 Å². The lowest BCUT2D eigenvalue weighted by molar-refractivity contribution is -0.116. The minimum absolute atomic E-state index is 0.131. The zero-order valence-electron chi connectivity index (χ0n) is 16.0. The van der Waals surface area contributed by atoms with E-state index in [4.69, 9.17) is 11.6 Å². The van der Waals surface area contributed by atoms with Crippen LogP contribution in [0.3, 0.4) is 0 Å². The molecule has 0 aliphatic carbocycles. The maximum atomic E-state index is 12.7. The van der Waals surface area contributed by atoms with Crippen molar-refractivity contribution >= 4 is 50.2 Å². The average Bonchev–Trinajstić information content (AvgIpc) is 3.09. The molecule has 0 aliphatic rings. The van der Waals surface area contributed by atoms with Crippen LogP contribution in [0.5, 0.6) is 0 Å². The number of hydrogen-bond acceptors (Lipinski definition) is 4. The van der Waals surface area contributed by atoms with Crippen LogP contribution in [-0.2, 0) is 21.2 Å². The Hall–Kier alpha value is -2.35. The van der Waals surface area contributed by atoms with E-state index >= 15 is 0 Å². The predicted molar refractivity (Wildman–Crippen MR) is 119 cm³/mol. The first-order valence-electron chi connectivity index (χ1n) is 8.98. The van der Waals surface area contributed by atoms with Crippen LogP contribution in [0.15, 0.2) is 59.5 Å². The quantitative estimate of drug-likeness (QED) is 0.508. The summed E-state index contributed by atoms with van der Waals surface area (Å²) in [6.45, 7) is 3.71. The topological polar surface area (TPSA) is 75.3 Å². The summed E-state index contributed by atoms with van der Waals surface area (Å²) in [5.41, 5.74) is 2.83. The van der Waals surface area contributed by atoms with Gasteiger partial charge in [-0.05, 0) is 67.8 Å². The lowest BCUT2D eigenvalue weighted by Gasteiger charge is -2.13. The lowest BCUT2D eigenvalue weighted by atomic mass is 10.1. The summed E-state index contributed by atoms with van der Waals surface area (Å²) in [6.07, 6.45) is 0.931. The second kappa shape index (κ2) is 8.98. The van der Waals surface area contributed by atoms with Crippen LogP contribution in [-0.4, -0.2) is 14.3 Å². The standard InChI is InChI=1S/C21H21ClN2O3S2/c1-14-4-3-5-15(2)21(14)24-29(26,27)18-10-6-16(7-11-18)23-20(25)13-9-17-8-12-19(22)28-17/h3-8,10-12,24H,9,13H2,1-2H3,(H,23,25). The van der Waals surface area contributed by atoms with E-state index in [0.717, 1.165) is 16.0 Å². The molecule has 0 saturated heterocycles. The number of rotatable bonds is 7. The maximum Gasteiger partial charge on any atom is 0.261 e. The average molecular weight is 449 g/mol. The van der Waals surface area contributed by atoms with E-state index in [9.17, 15) is 13.2 Å². The number of sulfonamides is 1. The van der Waals surface area contributed by atoms with Gasteiger partial charge < -0.3 is 5.32 Å². The number of carbonyl (C=O) groups is 1. The Morgan fingerprint density at radius 1 is 1.00 bits per heavy atom. The van der Waals surface area contributed by atoms with Crippen LogP contribution >= 0.6 is 22.9 Å². The number of anilines is 2. The Balaban J connectivity index is 1.63. The summed E-state index contributed by atoms with van der Waals surface area (Å²) >= 11 is 7.34. The largest absolute Gasteiger partial charge is 0.326 e. The normalized spacial score (nSPS) is 11.3. The first kappa shape index (κ1) is 21.4. The first-order valence-corrected chi connectivity index (χ1v) is 11.7. The van der Waals surface area contributed by atoms with Crippen molar-refractivity contribution in [1.82, 2.24) is 0 Å². The van der Waals surface area contributed by atoms with Crippen LogP contribution in [0.25, 0.3) is 0 Å². The highest BCUT2D eigenvalue weighted by atomic mass is 35.5. The van der Waals surface area contributed by atoms with Crippen molar-refractivity contribution < 1.29 is 13.2 Å². The van der Waals surface area contributed by atoms with Gasteiger partial charge in [-0.15, -0.1) is 11.3 Å². The highest BCUT2D eigenvalue weighted by molar-refractivity contribution is 7.92. The Morgan fingerprint density at radius 2 is 1.66 bits per heavy atom. The molecule has 0 aliphatic heterocycles. The van der Waals surface area contributed by atoms with Gasteiger partial charge in [-0.2, -0.15) is 0 Å². The number of carbonyl (C=O) groups excluding carboxylic acids is 1. The molecule has 0 atom stereocenters. The Morgan fingerprint density at radius 3 is 2.24 bits per heavy atom. The third kappa shape index (κ3) is 5.59. The Kier molecular flexibility index (Phi) is 6.62. The minimum atomic E-state index is -3.72. The summed E-state index contributed by atoms with van der Waals surface area (Å²) in [7, 11) is -3.72. The summed E-state index contributed by atoms with van der Waals surface area (Å²) in [5, 5.41) is 2.78. The van der Waals surface area contributed by atoms with Gasteiger partial charge >= 0.3 is 0 Å². The number of aryl methyl sites for hydroxylation is 3. The van der Waals surface area contributed by atoms with Crippen molar-refractivity contribution in [2.45, 2.75) is 31.6 Å². The smallest absolute Gasteiger partial charge is 0.261 e. The molecule has 1 aromatic heterocycles. The predicted octanol–water partition coefficient (Wildman–Crippen LogP) is 5.39. The monoisotopic (exact) mass is 448 g/mol. The molecular formula is C21H21ClN2O3S2. The summed E-state index contributed by atoms with van der Waals surface area (Å²) in [6, 6.07) is 15.4. The van der Waals surface area contributed by atoms with E-state index in [1.165, 1.54) is 23.5 Å². The molecule has 0 fully saturated rings. The van der Waals surface area contributed by atoms with E-state index in [1.807, 2.05) is 44.2 Å². The van der Waals surface area contributed by atoms with Crippen molar-refractivity contribution in [1.29, 1.82) is 0 Å². The number of amides is 1. The lowest BCUT2D eigenvalue weighted by Crippen LogP contribution is -2.15. The molecule has 0 unspecified atom stereocenters. The third-order valence-electron chi connectivity index (χ3n) is 4.39. The number of hydrogen-bond donors (Lipinski definition) is 2. The maximum absolute atomic E-state index is 12.7. The van der Waals surface area contributed by atoms with Gasteiger partial charge in [0.05, 0.1) is 14.9 Å². The number of para-hydroxylation sites is 1. The number of thiophene rings is 1. The highest BCUT2D eigenvalue weighted by Gasteiger charge is 2.16. The third-order valence-corrected chi connectivity index (χ3v) is 7.05. The molecule has 0 radical (unpaired) electrons. The van der Waals surface area contributed by atoms with Crippen LogP contribution in [0.2, 0.25) is 4.34 Å². The van der Waals surface area contributed by atoms with Crippen LogP contribution in [0.4, 0.5) is 11.4 Å². The fourth-order valence-electron chi connectivity index (χ4n) is 2.83. The molecule has 0 spiro atoms. The fourth-order valence-corrected chi connectivity index (χ4v) is 5.12. The molecule has 2 N–H and O–H groups in total. The van der Waals surface area contributed by atoms with E-state index in [-0.39, 0.29) is 10.8 Å².